The number of fused-ring (bicyclic) bond motifs is 1. The van der Waals surface area contributed by atoms with E-state index < -0.39 is 6.10 Å². The normalized spacial score (nSPS) is 16.6. The summed E-state index contributed by atoms with van der Waals surface area (Å²) in [7, 11) is 0. The van der Waals surface area contributed by atoms with Crippen LogP contribution in [0.2, 0.25) is 0 Å². The van der Waals surface area contributed by atoms with Crippen LogP contribution >= 0.6 is 0 Å². The molecule has 0 radical (unpaired) electrons. The molecular formula is C16H19N3O3. The van der Waals surface area contributed by atoms with Gasteiger partial charge in [0.15, 0.2) is 11.5 Å². The lowest BCUT2D eigenvalue weighted by Gasteiger charge is -2.25. The van der Waals surface area contributed by atoms with Gasteiger partial charge < -0.3 is 14.8 Å². The summed E-state index contributed by atoms with van der Waals surface area (Å²) < 4.78 is 13.0. The number of nitrogens with one attached hydrogen (secondary N) is 1. The van der Waals surface area contributed by atoms with Crippen molar-refractivity contribution in [2.24, 2.45) is 5.92 Å². The third kappa shape index (κ3) is 3.05. The molecule has 116 valence electrons. The van der Waals surface area contributed by atoms with Gasteiger partial charge in [0, 0.05) is 12.6 Å². The van der Waals surface area contributed by atoms with Crippen molar-refractivity contribution in [1.82, 2.24) is 9.78 Å². The maximum absolute atomic E-state index is 12.4. The van der Waals surface area contributed by atoms with Crippen LogP contribution in [0.1, 0.15) is 13.8 Å². The average Bonchev–Trinajstić information content (AvgIpc) is 2.93. The molecule has 0 unspecified atom stereocenters. The van der Waals surface area contributed by atoms with Crippen molar-refractivity contribution in [3.05, 3.63) is 36.5 Å². The summed E-state index contributed by atoms with van der Waals surface area (Å²) in [4.78, 5) is 12.4. The molecule has 22 heavy (non-hydrogen) atoms. The molecule has 0 spiro atoms. The van der Waals surface area contributed by atoms with E-state index in [1.165, 1.54) is 0 Å². The van der Waals surface area contributed by atoms with Crippen molar-refractivity contribution < 1.29 is 14.3 Å². The van der Waals surface area contributed by atoms with Crippen LogP contribution in [0.4, 0.5) is 5.82 Å². The molecule has 6 nitrogen and oxygen atoms in total. The van der Waals surface area contributed by atoms with Crippen LogP contribution in [0, 0.1) is 5.92 Å². The van der Waals surface area contributed by atoms with Gasteiger partial charge in [-0.2, -0.15) is 5.10 Å². The lowest BCUT2D eigenvalue weighted by Crippen LogP contribution is -2.40. The van der Waals surface area contributed by atoms with E-state index in [1.807, 2.05) is 18.2 Å². The standard InChI is InChI=1S/C16H19N3O3/c1-11(2)9-19-15(7-8-17-19)18-16(20)14-10-21-12-5-3-4-6-13(12)22-14/h3-8,11,14H,9-10H2,1-2H3,(H,18,20)/t14-/m0/s1. The van der Waals surface area contributed by atoms with E-state index in [4.69, 9.17) is 9.47 Å². The Morgan fingerprint density at radius 2 is 2.14 bits per heavy atom. The summed E-state index contributed by atoms with van der Waals surface area (Å²) in [6.45, 7) is 5.14. The van der Waals surface area contributed by atoms with Gasteiger partial charge in [-0.05, 0) is 18.1 Å². The third-order valence-electron chi connectivity index (χ3n) is 3.31. The van der Waals surface area contributed by atoms with Crippen molar-refractivity contribution >= 4 is 11.7 Å². The topological polar surface area (TPSA) is 65.4 Å². The van der Waals surface area contributed by atoms with E-state index >= 15 is 0 Å². The molecule has 2 heterocycles. The Hall–Kier alpha value is -2.50. The number of anilines is 1. The predicted molar refractivity (Wildman–Crippen MR) is 82.0 cm³/mol. The van der Waals surface area contributed by atoms with Crippen LogP contribution in [0.3, 0.4) is 0 Å². The number of ether oxygens (including phenoxy) is 2. The molecule has 0 bridgehead atoms. The van der Waals surface area contributed by atoms with Gasteiger partial charge in [0.1, 0.15) is 12.4 Å². The Bertz CT molecular complexity index is 666. The van der Waals surface area contributed by atoms with Gasteiger partial charge in [-0.3, -0.25) is 4.79 Å². The van der Waals surface area contributed by atoms with E-state index in [2.05, 4.69) is 24.3 Å². The highest BCUT2D eigenvalue weighted by molar-refractivity contribution is 5.94. The Kier molecular flexibility index (Phi) is 4.00. The molecule has 1 aromatic carbocycles. The first-order valence-corrected chi connectivity index (χ1v) is 7.34. The zero-order valence-corrected chi connectivity index (χ0v) is 12.7. The smallest absolute Gasteiger partial charge is 0.270 e. The van der Waals surface area contributed by atoms with E-state index in [1.54, 1.807) is 23.0 Å². The average molecular weight is 301 g/mol. The maximum atomic E-state index is 12.4. The number of benzene rings is 1. The second kappa shape index (κ2) is 6.09. The molecule has 1 amide bonds. The summed E-state index contributed by atoms with van der Waals surface area (Å²) in [6, 6.07) is 9.10. The summed E-state index contributed by atoms with van der Waals surface area (Å²) >= 11 is 0. The second-order valence-electron chi connectivity index (χ2n) is 5.65. The van der Waals surface area contributed by atoms with Crippen molar-refractivity contribution in [2.75, 3.05) is 11.9 Å². The van der Waals surface area contributed by atoms with Crippen LogP contribution in [0.15, 0.2) is 36.5 Å². The van der Waals surface area contributed by atoms with Crippen LogP contribution in [-0.4, -0.2) is 28.4 Å². The Labute approximate surface area is 129 Å². The molecule has 0 saturated carbocycles. The molecule has 0 fully saturated rings. The van der Waals surface area contributed by atoms with Gasteiger partial charge in [0.2, 0.25) is 6.10 Å². The van der Waals surface area contributed by atoms with Crippen molar-refractivity contribution in [2.45, 2.75) is 26.5 Å². The highest BCUT2D eigenvalue weighted by Crippen LogP contribution is 2.31. The molecule has 1 aliphatic heterocycles. The van der Waals surface area contributed by atoms with E-state index in [9.17, 15) is 4.79 Å². The Morgan fingerprint density at radius 3 is 2.91 bits per heavy atom. The first kappa shape index (κ1) is 14.4. The quantitative estimate of drug-likeness (QED) is 0.941. The summed E-state index contributed by atoms with van der Waals surface area (Å²) in [5.41, 5.74) is 0. The summed E-state index contributed by atoms with van der Waals surface area (Å²) in [6.07, 6.45) is 1.00. The molecule has 1 N–H and O–H groups in total. The molecule has 2 aromatic rings. The van der Waals surface area contributed by atoms with E-state index in [-0.39, 0.29) is 12.5 Å². The highest BCUT2D eigenvalue weighted by Gasteiger charge is 2.27. The molecule has 0 aliphatic carbocycles. The summed E-state index contributed by atoms with van der Waals surface area (Å²) in [5.74, 6) is 2.12. The minimum atomic E-state index is -0.669. The molecule has 1 aromatic heterocycles. The van der Waals surface area contributed by atoms with Crippen molar-refractivity contribution in [3.63, 3.8) is 0 Å². The first-order valence-electron chi connectivity index (χ1n) is 7.34. The number of rotatable bonds is 4. The number of aromatic nitrogens is 2. The fourth-order valence-corrected chi connectivity index (χ4v) is 2.29. The molecule has 6 heteroatoms. The molecular weight excluding hydrogens is 282 g/mol. The zero-order valence-electron chi connectivity index (χ0n) is 12.7. The molecule has 3 rings (SSSR count). The van der Waals surface area contributed by atoms with Crippen LogP contribution in [-0.2, 0) is 11.3 Å². The minimum absolute atomic E-state index is 0.196. The number of hydrogen-bond acceptors (Lipinski definition) is 4. The highest BCUT2D eigenvalue weighted by atomic mass is 16.6. The van der Waals surface area contributed by atoms with E-state index in [0.717, 1.165) is 6.54 Å². The van der Waals surface area contributed by atoms with Crippen LogP contribution in [0.25, 0.3) is 0 Å². The van der Waals surface area contributed by atoms with E-state index in [0.29, 0.717) is 23.2 Å². The number of nitrogens with zero attached hydrogens (tertiary/aromatic N) is 2. The monoisotopic (exact) mass is 301 g/mol. The van der Waals surface area contributed by atoms with Crippen molar-refractivity contribution in [3.8, 4) is 11.5 Å². The van der Waals surface area contributed by atoms with Gasteiger partial charge in [0.05, 0.1) is 6.20 Å². The SMILES string of the molecule is CC(C)Cn1nccc1NC(=O)[C@@H]1COc2ccccc2O1. The fourth-order valence-electron chi connectivity index (χ4n) is 2.29. The number of hydrogen-bond donors (Lipinski definition) is 1. The number of amides is 1. The number of para-hydroxylation sites is 2. The van der Waals surface area contributed by atoms with Crippen molar-refractivity contribution in [1.29, 1.82) is 0 Å². The van der Waals surface area contributed by atoms with Gasteiger partial charge in [-0.15, -0.1) is 0 Å². The van der Waals surface area contributed by atoms with Gasteiger partial charge in [-0.1, -0.05) is 26.0 Å². The Balaban J connectivity index is 1.67. The maximum Gasteiger partial charge on any atom is 0.270 e. The lowest BCUT2D eigenvalue weighted by atomic mass is 10.2. The Morgan fingerprint density at radius 1 is 1.36 bits per heavy atom. The summed E-state index contributed by atoms with van der Waals surface area (Å²) in [5, 5.41) is 7.07. The predicted octanol–water partition coefficient (Wildman–Crippen LogP) is 2.32. The fraction of sp³-hybridized carbons (Fsp3) is 0.375. The van der Waals surface area contributed by atoms with Gasteiger partial charge in [0.25, 0.3) is 5.91 Å². The van der Waals surface area contributed by atoms with Gasteiger partial charge >= 0.3 is 0 Å². The molecule has 0 saturated heterocycles. The second-order valence-corrected chi connectivity index (χ2v) is 5.65. The number of carbonyl (C=O) groups is 1. The molecule has 1 atom stereocenters. The zero-order chi connectivity index (χ0) is 15.5. The van der Waals surface area contributed by atoms with Crippen LogP contribution < -0.4 is 14.8 Å². The number of carbonyl (C=O) groups excluding carboxylic acids is 1. The minimum Gasteiger partial charge on any atom is -0.485 e. The van der Waals surface area contributed by atoms with Crippen LogP contribution in [0.5, 0.6) is 11.5 Å². The van der Waals surface area contributed by atoms with Gasteiger partial charge in [-0.25, -0.2) is 4.68 Å². The lowest BCUT2D eigenvalue weighted by molar-refractivity contribution is -0.125. The largest absolute Gasteiger partial charge is 0.485 e. The third-order valence-corrected chi connectivity index (χ3v) is 3.31. The molecule has 1 aliphatic rings. The first-order chi connectivity index (χ1) is 10.6.